The van der Waals surface area contributed by atoms with Gasteiger partial charge in [-0.05, 0) is 44.9 Å². The van der Waals surface area contributed by atoms with Crippen molar-refractivity contribution in [3.8, 4) is 0 Å². The highest BCUT2D eigenvalue weighted by molar-refractivity contribution is 6.00. The molecule has 2 fully saturated rings. The van der Waals surface area contributed by atoms with E-state index in [0.717, 1.165) is 19.3 Å². The van der Waals surface area contributed by atoms with Crippen LogP contribution in [0.25, 0.3) is 0 Å². The zero-order chi connectivity index (χ0) is 15.5. The van der Waals surface area contributed by atoms with Gasteiger partial charge in [-0.15, -0.1) is 0 Å². The van der Waals surface area contributed by atoms with Gasteiger partial charge < -0.3 is 15.0 Å². The van der Waals surface area contributed by atoms with Gasteiger partial charge in [0.15, 0.2) is 0 Å². The number of carbonyl (C=O) groups excluding carboxylic acids is 2. The maximum Gasteiger partial charge on any atom is 0.246 e. The Morgan fingerprint density at radius 2 is 1.90 bits per heavy atom. The van der Waals surface area contributed by atoms with Gasteiger partial charge in [-0.1, -0.05) is 13.8 Å². The van der Waals surface area contributed by atoms with Crippen LogP contribution in [0.2, 0.25) is 0 Å². The van der Waals surface area contributed by atoms with Crippen molar-refractivity contribution >= 4 is 11.8 Å². The summed E-state index contributed by atoms with van der Waals surface area (Å²) in [7, 11) is 0. The van der Waals surface area contributed by atoms with Gasteiger partial charge in [0.1, 0.15) is 11.6 Å². The molecule has 1 N–H and O–H groups in total. The zero-order valence-corrected chi connectivity index (χ0v) is 13.5. The second kappa shape index (κ2) is 6.77. The normalized spacial score (nSPS) is 25.1. The van der Waals surface area contributed by atoms with E-state index in [1.54, 1.807) is 0 Å². The minimum absolute atomic E-state index is 0.0282. The molecule has 0 aromatic heterocycles. The van der Waals surface area contributed by atoms with Crippen LogP contribution < -0.4 is 5.32 Å². The lowest BCUT2D eigenvalue weighted by Crippen LogP contribution is -2.70. The molecule has 1 saturated carbocycles. The molecule has 5 heteroatoms. The first-order chi connectivity index (χ1) is 10.1. The Bertz CT molecular complexity index is 389. The summed E-state index contributed by atoms with van der Waals surface area (Å²) in [5.41, 5.74) is -0.672. The predicted octanol–water partition coefficient (Wildman–Crippen LogP) is 1.71. The number of hydrogen-bond donors (Lipinski definition) is 1. The number of carbonyl (C=O) groups is 2. The highest BCUT2D eigenvalue weighted by Gasteiger charge is 2.53. The lowest BCUT2D eigenvalue weighted by Gasteiger charge is -2.48. The molecule has 0 aromatic carbocycles. The average molecular weight is 296 g/mol. The van der Waals surface area contributed by atoms with Crippen molar-refractivity contribution in [3.05, 3.63) is 0 Å². The monoisotopic (exact) mass is 296 g/mol. The van der Waals surface area contributed by atoms with Crippen LogP contribution in [0.15, 0.2) is 0 Å². The van der Waals surface area contributed by atoms with E-state index in [1.165, 1.54) is 0 Å². The first-order valence-corrected chi connectivity index (χ1v) is 8.30. The molecule has 1 heterocycles. The summed E-state index contributed by atoms with van der Waals surface area (Å²) in [5.74, 6) is 0.486. The highest BCUT2D eigenvalue weighted by Crippen LogP contribution is 2.38. The molecule has 2 aliphatic rings. The van der Waals surface area contributed by atoms with Gasteiger partial charge >= 0.3 is 0 Å². The Balaban J connectivity index is 2.13. The fourth-order valence-electron chi connectivity index (χ4n) is 3.33. The van der Waals surface area contributed by atoms with Gasteiger partial charge in [0.05, 0.1) is 0 Å². The number of ether oxygens (including phenoxy) is 1. The Labute approximate surface area is 127 Å². The number of rotatable bonds is 8. The van der Waals surface area contributed by atoms with E-state index in [0.29, 0.717) is 38.5 Å². The van der Waals surface area contributed by atoms with E-state index in [-0.39, 0.29) is 17.9 Å². The summed E-state index contributed by atoms with van der Waals surface area (Å²) < 4.78 is 5.37. The lowest BCUT2D eigenvalue weighted by molar-refractivity contribution is -0.159. The average Bonchev–Trinajstić information content (AvgIpc) is 3.31. The third kappa shape index (κ3) is 3.07. The highest BCUT2D eigenvalue weighted by atomic mass is 16.5. The van der Waals surface area contributed by atoms with Crippen molar-refractivity contribution < 1.29 is 14.3 Å². The van der Waals surface area contributed by atoms with Gasteiger partial charge in [0.25, 0.3) is 0 Å². The van der Waals surface area contributed by atoms with Crippen LogP contribution >= 0.6 is 0 Å². The van der Waals surface area contributed by atoms with Crippen LogP contribution in [-0.2, 0) is 14.3 Å². The molecule has 0 bridgehead atoms. The molecule has 2 amide bonds. The van der Waals surface area contributed by atoms with Crippen LogP contribution in [0, 0.1) is 5.92 Å². The maximum atomic E-state index is 12.8. The van der Waals surface area contributed by atoms with Crippen molar-refractivity contribution in [2.75, 3.05) is 19.8 Å². The molecular weight excluding hydrogens is 268 g/mol. The first kappa shape index (κ1) is 16.3. The molecule has 1 aliphatic heterocycles. The standard InChI is InChI=1S/C16H28N2O3/c1-4-16(5-2)15(20)17-13(12-8-9-12)14(19)18(16)10-7-11-21-6-3/h12-13H,4-11H2,1-3H3,(H,17,20). The van der Waals surface area contributed by atoms with Gasteiger partial charge in [-0.25, -0.2) is 0 Å². The minimum atomic E-state index is -0.672. The Kier molecular flexibility index (Phi) is 5.25. The molecular formula is C16H28N2O3. The lowest BCUT2D eigenvalue weighted by atomic mass is 9.85. The Morgan fingerprint density at radius 3 is 2.43 bits per heavy atom. The van der Waals surface area contributed by atoms with Crippen molar-refractivity contribution in [2.24, 2.45) is 5.92 Å². The summed E-state index contributed by atoms with van der Waals surface area (Å²) in [6, 6.07) is -0.296. The van der Waals surface area contributed by atoms with Gasteiger partial charge in [-0.2, -0.15) is 0 Å². The zero-order valence-electron chi connectivity index (χ0n) is 13.5. The molecule has 1 saturated heterocycles. The molecule has 1 aliphatic carbocycles. The number of hydrogen-bond acceptors (Lipinski definition) is 3. The van der Waals surface area contributed by atoms with Gasteiger partial charge in [-0.3, -0.25) is 9.59 Å². The number of amides is 2. The molecule has 0 spiro atoms. The van der Waals surface area contributed by atoms with Crippen LogP contribution in [0.1, 0.15) is 52.9 Å². The van der Waals surface area contributed by atoms with E-state index in [2.05, 4.69) is 5.32 Å². The van der Waals surface area contributed by atoms with Crippen LogP contribution in [0.3, 0.4) is 0 Å². The molecule has 5 nitrogen and oxygen atoms in total. The van der Waals surface area contributed by atoms with Crippen molar-refractivity contribution in [3.63, 3.8) is 0 Å². The third-order valence-corrected chi connectivity index (χ3v) is 4.90. The van der Waals surface area contributed by atoms with Crippen LogP contribution in [-0.4, -0.2) is 48.1 Å². The van der Waals surface area contributed by atoms with Crippen molar-refractivity contribution in [1.82, 2.24) is 10.2 Å². The second-order valence-corrected chi connectivity index (χ2v) is 6.07. The summed E-state index contributed by atoms with van der Waals surface area (Å²) in [6.07, 6.45) is 4.20. The Hall–Kier alpha value is -1.10. The molecule has 1 atom stereocenters. The van der Waals surface area contributed by atoms with Crippen LogP contribution in [0.5, 0.6) is 0 Å². The second-order valence-electron chi connectivity index (χ2n) is 6.07. The summed E-state index contributed by atoms with van der Waals surface area (Å²) in [5, 5.41) is 2.99. The number of piperazine rings is 1. The van der Waals surface area contributed by atoms with E-state index < -0.39 is 5.54 Å². The largest absolute Gasteiger partial charge is 0.382 e. The predicted molar refractivity (Wildman–Crippen MR) is 80.8 cm³/mol. The van der Waals surface area contributed by atoms with Crippen LogP contribution in [0.4, 0.5) is 0 Å². The first-order valence-electron chi connectivity index (χ1n) is 8.30. The van der Waals surface area contributed by atoms with Gasteiger partial charge in [0.2, 0.25) is 11.8 Å². The molecule has 0 radical (unpaired) electrons. The molecule has 120 valence electrons. The molecule has 2 rings (SSSR count). The summed E-state index contributed by atoms with van der Waals surface area (Å²) in [4.78, 5) is 27.3. The summed E-state index contributed by atoms with van der Waals surface area (Å²) >= 11 is 0. The summed E-state index contributed by atoms with van der Waals surface area (Å²) in [6.45, 7) is 7.88. The van der Waals surface area contributed by atoms with Crippen molar-refractivity contribution in [2.45, 2.75) is 64.5 Å². The van der Waals surface area contributed by atoms with E-state index in [1.807, 2.05) is 25.7 Å². The topological polar surface area (TPSA) is 58.6 Å². The fourth-order valence-corrected chi connectivity index (χ4v) is 3.33. The molecule has 0 aromatic rings. The number of nitrogens with zero attached hydrogens (tertiary/aromatic N) is 1. The van der Waals surface area contributed by atoms with Crippen molar-refractivity contribution in [1.29, 1.82) is 0 Å². The maximum absolute atomic E-state index is 12.8. The van der Waals surface area contributed by atoms with Gasteiger partial charge in [0, 0.05) is 19.8 Å². The smallest absolute Gasteiger partial charge is 0.246 e. The van der Waals surface area contributed by atoms with E-state index in [9.17, 15) is 9.59 Å². The molecule has 21 heavy (non-hydrogen) atoms. The molecule has 1 unspecified atom stereocenters. The van der Waals surface area contributed by atoms with E-state index >= 15 is 0 Å². The quantitative estimate of drug-likeness (QED) is 0.694. The fraction of sp³-hybridized carbons (Fsp3) is 0.875. The minimum Gasteiger partial charge on any atom is -0.382 e. The SMILES string of the molecule is CCOCCCN1C(=O)C(C2CC2)NC(=O)C1(CC)CC. The third-order valence-electron chi connectivity index (χ3n) is 4.90. The van der Waals surface area contributed by atoms with E-state index in [4.69, 9.17) is 4.74 Å². The Morgan fingerprint density at radius 1 is 1.24 bits per heavy atom. The number of nitrogens with one attached hydrogen (secondary N) is 1.